The highest BCUT2D eigenvalue weighted by Crippen LogP contribution is 2.21. The van der Waals surface area contributed by atoms with Gasteiger partial charge in [-0.1, -0.05) is 26.8 Å². The van der Waals surface area contributed by atoms with Crippen LogP contribution in [0, 0.1) is 0 Å². The van der Waals surface area contributed by atoms with Crippen molar-refractivity contribution in [3.8, 4) is 0 Å². The quantitative estimate of drug-likeness (QED) is 0.871. The van der Waals surface area contributed by atoms with Gasteiger partial charge in [0.2, 0.25) is 0 Å². The third-order valence-corrected chi connectivity index (χ3v) is 4.12. The zero-order valence-corrected chi connectivity index (χ0v) is 14.2. The second-order valence-electron chi connectivity index (χ2n) is 7.07. The molecule has 5 heteroatoms. The molecule has 0 spiro atoms. The number of hydrogen-bond acceptors (Lipinski definition) is 5. The highest BCUT2D eigenvalue weighted by Gasteiger charge is 2.21. The zero-order valence-electron chi connectivity index (χ0n) is 14.2. The Morgan fingerprint density at radius 3 is 2.39 bits per heavy atom. The molecule has 0 N–H and O–H groups in total. The summed E-state index contributed by atoms with van der Waals surface area (Å²) in [6.07, 6.45) is 3.74. The number of hydrogen-bond donors (Lipinski definition) is 0. The van der Waals surface area contributed by atoms with Crippen molar-refractivity contribution < 1.29 is 0 Å². The number of aromatic nitrogens is 3. The Kier molecular flexibility index (Phi) is 4.57. The summed E-state index contributed by atoms with van der Waals surface area (Å²) in [4.78, 5) is 18.4. The SMILES string of the molecule is CC(C)(C)c1nccc(N2CCN(Cc3ccccn3)CC2)n1. The Morgan fingerprint density at radius 1 is 0.957 bits per heavy atom. The molecule has 0 amide bonds. The summed E-state index contributed by atoms with van der Waals surface area (Å²) in [6, 6.07) is 8.12. The van der Waals surface area contributed by atoms with E-state index in [9.17, 15) is 0 Å². The molecular weight excluding hydrogens is 286 g/mol. The van der Waals surface area contributed by atoms with Gasteiger partial charge in [0, 0.05) is 50.5 Å². The van der Waals surface area contributed by atoms with E-state index in [1.807, 2.05) is 30.6 Å². The largest absolute Gasteiger partial charge is 0.354 e. The molecule has 0 aliphatic carbocycles. The van der Waals surface area contributed by atoms with Gasteiger partial charge in [0.1, 0.15) is 11.6 Å². The normalized spacial score (nSPS) is 16.6. The maximum atomic E-state index is 4.76. The standard InChI is InChI=1S/C18H25N5/c1-18(2,3)17-20-9-7-16(21-17)23-12-10-22(11-13-23)14-15-6-4-5-8-19-15/h4-9H,10-14H2,1-3H3. The van der Waals surface area contributed by atoms with Crippen LogP contribution in [0.25, 0.3) is 0 Å². The van der Waals surface area contributed by atoms with E-state index in [2.05, 4.69) is 46.6 Å². The molecule has 3 rings (SSSR count). The number of nitrogens with zero attached hydrogens (tertiary/aromatic N) is 5. The Labute approximate surface area is 138 Å². The first-order valence-corrected chi connectivity index (χ1v) is 8.23. The predicted molar refractivity (Wildman–Crippen MR) is 92.5 cm³/mol. The third kappa shape index (κ3) is 4.05. The molecule has 3 heterocycles. The average Bonchev–Trinajstić information content (AvgIpc) is 2.56. The number of piperazine rings is 1. The van der Waals surface area contributed by atoms with Crippen LogP contribution < -0.4 is 4.90 Å². The predicted octanol–water partition coefficient (Wildman–Crippen LogP) is 2.49. The highest BCUT2D eigenvalue weighted by atomic mass is 15.3. The van der Waals surface area contributed by atoms with Gasteiger partial charge in [-0.15, -0.1) is 0 Å². The summed E-state index contributed by atoms with van der Waals surface area (Å²) in [5.41, 5.74) is 1.12. The van der Waals surface area contributed by atoms with E-state index in [0.717, 1.165) is 50.1 Å². The van der Waals surface area contributed by atoms with E-state index in [0.29, 0.717) is 0 Å². The van der Waals surface area contributed by atoms with Crippen molar-refractivity contribution in [2.75, 3.05) is 31.1 Å². The molecule has 1 aliphatic rings. The molecular formula is C18H25N5. The smallest absolute Gasteiger partial charge is 0.135 e. The Balaban J connectivity index is 1.61. The van der Waals surface area contributed by atoms with Gasteiger partial charge < -0.3 is 4.90 Å². The minimum Gasteiger partial charge on any atom is -0.354 e. The molecule has 2 aromatic heterocycles. The second kappa shape index (κ2) is 6.62. The fourth-order valence-corrected chi connectivity index (χ4v) is 2.74. The molecule has 23 heavy (non-hydrogen) atoms. The lowest BCUT2D eigenvalue weighted by Crippen LogP contribution is -2.46. The van der Waals surface area contributed by atoms with Crippen LogP contribution in [0.5, 0.6) is 0 Å². The molecule has 0 radical (unpaired) electrons. The minimum absolute atomic E-state index is 0.0171. The van der Waals surface area contributed by atoms with Crippen molar-refractivity contribution in [2.24, 2.45) is 0 Å². The fraction of sp³-hybridized carbons (Fsp3) is 0.500. The van der Waals surface area contributed by atoms with Crippen molar-refractivity contribution in [1.29, 1.82) is 0 Å². The summed E-state index contributed by atoms with van der Waals surface area (Å²) in [6.45, 7) is 11.4. The van der Waals surface area contributed by atoms with Gasteiger partial charge in [0.25, 0.3) is 0 Å². The molecule has 1 aliphatic heterocycles. The van der Waals surface area contributed by atoms with Crippen LogP contribution in [-0.2, 0) is 12.0 Å². The minimum atomic E-state index is -0.0171. The van der Waals surface area contributed by atoms with Crippen LogP contribution in [-0.4, -0.2) is 46.0 Å². The van der Waals surface area contributed by atoms with Gasteiger partial charge in [-0.3, -0.25) is 9.88 Å². The van der Waals surface area contributed by atoms with Gasteiger partial charge in [-0.2, -0.15) is 0 Å². The maximum Gasteiger partial charge on any atom is 0.135 e. The molecule has 1 saturated heterocycles. The zero-order chi connectivity index (χ0) is 16.3. The molecule has 1 fully saturated rings. The summed E-state index contributed by atoms with van der Waals surface area (Å²) >= 11 is 0. The van der Waals surface area contributed by atoms with Crippen molar-refractivity contribution >= 4 is 5.82 Å². The molecule has 122 valence electrons. The van der Waals surface area contributed by atoms with Crippen molar-refractivity contribution in [3.63, 3.8) is 0 Å². The Bertz CT molecular complexity index is 627. The number of rotatable bonds is 3. The number of pyridine rings is 1. The maximum absolute atomic E-state index is 4.76. The lowest BCUT2D eigenvalue weighted by Gasteiger charge is -2.35. The van der Waals surface area contributed by atoms with Gasteiger partial charge >= 0.3 is 0 Å². The van der Waals surface area contributed by atoms with Crippen LogP contribution in [0.3, 0.4) is 0 Å². The number of anilines is 1. The Morgan fingerprint density at radius 2 is 1.74 bits per heavy atom. The first-order chi connectivity index (χ1) is 11.0. The van der Waals surface area contributed by atoms with E-state index in [-0.39, 0.29) is 5.41 Å². The summed E-state index contributed by atoms with van der Waals surface area (Å²) in [7, 11) is 0. The summed E-state index contributed by atoms with van der Waals surface area (Å²) in [5, 5.41) is 0. The van der Waals surface area contributed by atoms with Crippen LogP contribution in [0.1, 0.15) is 32.3 Å². The van der Waals surface area contributed by atoms with E-state index in [1.54, 1.807) is 0 Å². The first kappa shape index (κ1) is 15.9. The van der Waals surface area contributed by atoms with E-state index in [4.69, 9.17) is 4.98 Å². The van der Waals surface area contributed by atoms with Crippen LogP contribution in [0.15, 0.2) is 36.7 Å². The van der Waals surface area contributed by atoms with Crippen molar-refractivity contribution in [3.05, 3.63) is 48.2 Å². The molecule has 0 bridgehead atoms. The lowest BCUT2D eigenvalue weighted by molar-refractivity contribution is 0.246. The van der Waals surface area contributed by atoms with Crippen LogP contribution in [0.4, 0.5) is 5.82 Å². The lowest BCUT2D eigenvalue weighted by atomic mass is 9.96. The fourth-order valence-electron chi connectivity index (χ4n) is 2.74. The Hall–Kier alpha value is -2.01. The van der Waals surface area contributed by atoms with Gasteiger partial charge in [-0.25, -0.2) is 9.97 Å². The van der Waals surface area contributed by atoms with Crippen molar-refractivity contribution in [2.45, 2.75) is 32.7 Å². The van der Waals surface area contributed by atoms with Crippen LogP contribution >= 0.6 is 0 Å². The average molecular weight is 311 g/mol. The van der Waals surface area contributed by atoms with E-state index >= 15 is 0 Å². The summed E-state index contributed by atoms with van der Waals surface area (Å²) in [5.74, 6) is 1.95. The van der Waals surface area contributed by atoms with Gasteiger partial charge in [0.05, 0.1) is 5.69 Å². The third-order valence-electron chi connectivity index (χ3n) is 4.12. The van der Waals surface area contributed by atoms with Gasteiger partial charge in [0.15, 0.2) is 0 Å². The molecule has 0 unspecified atom stereocenters. The molecule has 5 nitrogen and oxygen atoms in total. The summed E-state index contributed by atoms with van der Waals surface area (Å²) < 4.78 is 0. The van der Waals surface area contributed by atoms with E-state index < -0.39 is 0 Å². The second-order valence-corrected chi connectivity index (χ2v) is 7.07. The monoisotopic (exact) mass is 311 g/mol. The topological polar surface area (TPSA) is 45.2 Å². The molecule has 0 aromatic carbocycles. The van der Waals surface area contributed by atoms with E-state index in [1.165, 1.54) is 0 Å². The first-order valence-electron chi connectivity index (χ1n) is 8.23. The molecule has 0 saturated carbocycles. The van der Waals surface area contributed by atoms with Gasteiger partial charge in [-0.05, 0) is 18.2 Å². The molecule has 2 aromatic rings. The van der Waals surface area contributed by atoms with Crippen LogP contribution in [0.2, 0.25) is 0 Å². The van der Waals surface area contributed by atoms with Crippen molar-refractivity contribution in [1.82, 2.24) is 19.9 Å². The highest BCUT2D eigenvalue weighted by molar-refractivity contribution is 5.38. The molecule has 0 atom stereocenters.